The summed E-state index contributed by atoms with van der Waals surface area (Å²) in [4.78, 5) is 12.2. The normalized spacial score (nSPS) is 13.3. The van der Waals surface area contributed by atoms with E-state index < -0.39 is 22.2 Å². The van der Waals surface area contributed by atoms with E-state index in [1.54, 1.807) is 39.8 Å². The largest absolute Gasteiger partial charge is 0.508 e. The Balaban J connectivity index is 2.92. The molecule has 7 nitrogen and oxygen atoms in total. The second kappa shape index (κ2) is 8.28. The van der Waals surface area contributed by atoms with Gasteiger partial charge in [-0.25, -0.2) is 0 Å². The topological polar surface area (TPSA) is 105 Å². The number of aromatic hydroxyl groups is 1. The summed E-state index contributed by atoms with van der Waals surface area (Å²) in [6.45, 7) is 6.74. The molecule has 0 radical (unpaired) electrons. The quantitative estimate of drug-likeness (QED) is 0.612. The summed E-state index contributed by atoms with van der Waals surface area (Å²) < 4.78 is 33.8. The number of hydrogen-bond acceptors (Lipinski definition) is 5. The van der Waals surface area contributed by atoms with Crippen LogP contribution in [0.2, 0.25) is 0 Å². The minimum atomic E-state index is -3.84. The molecule has 1 aromatic rings. The second-order valence-electron chi connectivity index (χ2n) is 5.80. The number of carbonyl (C=O) groups excluding carboxylic acids is 1. The zero-order valence-corrected chi connectivity index (χ0v) is 14.6. The number of hydrogen-bond donors (Lipinski definition) is 3. The van der Waals surface area contributed by atoms with Crippen LogP contribution >= 0.6 is 0 Å². The predicted molar refractivity (Wildman–Crippen MR) is 87.2 cm³/mol. The fourth-order valence-corrected chi connectivity index (χ4v) is 3.13. The Kier molecular flexibility index (Phi) is 6.99. The van der Waals surface area contributed by atoms with Gasteiger partial charge in [0.15, 0.2) is 0 Å². The Labute approximate surface area is 137 Å². The van der Waals surface area contributed by atoms with Crippen LogP contribution in [0.5, 0.6) is 5.75 Å². The first kappa shape index (κ1) is 19.4. The molecule has 0 unspecified atom stereocenters. The molecule has 23 heavy (non-hydrogen) atoms. The smallest absolute Gasteiger partial charge is 0.324 e. The van der Waals surface area contributed by atoms with Crippen molar-refractivity contribution in [2.45, 2.75) is 52.3 Å². The van der Waals surface area contributed by atoms with E-state index in [1.807, 2.05) is 0 Å². The fourth-order valence-electron chi connectivity index (χ4n) is 1.89. The van der Waals surface area contributed by atoms with E-state index in [2.05, 4.69) is 9.44 Å². The van der Waals surface area contributed by atoms with Gasteiger partial charge >= 0.3 is 5.97 Å². The third-order valence-corrected chi connectivity index (χ3v) is 4.08. The maximum absolute atomic E-state index is 12.2. The molecule has 0 fully saturated rings. The first-order valence-electron chi connectivity index (χ1n) is 7.37. The standard InChI is InChI=1S/C15H24N2O5S/c1-10(2)16-23(20,21)17-14(15(19)22-11(3)4)9-12-5-7-13(18)8-6-12/h5-8,10-11,14,16-18H,9H2,1-4H3/t14-/m0/s1. The summed E-state index contributed by atoms with van der Waals surface area (Å²) in [6, 6.07) is 4.83. The number of ether oxygens (including phenoxy) is 1. The molecule has 0 aliphatic carbocycles. The monoisotopic (exact) mass is 344 g/mol. The number of benzene rings is 1. The Morgan fingerprint density at radius 3 is 2.17 bits per heavy atom. The number of rotatable bonds is 8. The Morgan fingerprint density at radius 1 is 1.13 bits per heavy atom. The van der Waals surface area contributed by atoms with Gasteiger partial charge in [0.05, 0.1) is 6.10 Å². The van der Waals surface area contributed by atoms with Gasteiger partial charge in [-0.2, -0.15) is 17.9 Å². The summed E-state index contributed by atoms with van der Waals surface area (Å²) >= 11 is 0. The lowest BCUT2D eigenvalue weighted by Gasteiger charge is -2.20. The molecule has 1 rings (SSSR count). The maximum Gasteiger partial charge on any atom is 0.324 e. The van der Waals surface area contributed by atoms with E-state index >= 15 is 0 Å². The lowest BCUT2D eigenvalue weighted by atomic mass is 10.1. The summed E-state index contributed by atoms with van der Waals surface area (Å²) in [7, 11) is -3.84. The van der Waals surface area contributed by atoms with Crippen LogP contribution in [0.1, 0.15) is 33.3 Å². The summed E-state index contributed by atoms with van der Waals surface area (Å²) in [5, 5.41) is 9.29. The van der Waals surface area contributed by atoms with Crippen LogP contribution in [0.4, 0.5) is 0 Å². The number of nitrogens with one attached hydrogen (secondary N) is 2. The molecule has 0 heterocycles. The summed E-state index contributed by atoms with van der Waals surface area (Å²) in [5.41, 5.74) is 0.695. The average molecular weight is 344 g/mol. The van der Waals surface area contributed by atoms with Gasteiger partial charge in [0.1, 0.15) is 11.8 Å². The SMILES string of the molecule is CC(C)NS(=O)(=O)N[C@@H](Cc1ccc(O)cc1)C(=O)OC(C)C. The maximum atomic E-state index is 12.2. The summed E-state index contributed by atoms with van der Waals surface area (Å²) in [5.74, 6) is -0.556. The van der Waals surface area contributed by atoms with Crippen LogP contribution in [0.15, 0.2) is 24.3 Å². The highest BCUT2D eigenvalue weighted by Crippen LogP contribution is 2.12. The van der Waals surface area contributed by atoms with Gasteiger partial charge < -0.3 is 9.84 Å². The molecule has 8 heteroatoms. The Bertz CT molecular complexity index is 611. The lowest BCUT2D eigenvalue weighted by Crippen LogP contribution is -2.50. The highest BCUT2D eigenvalue weighted by atomic mass is 32.2. The Morgan fingerprint density at radius 2 is 1.70 bits per heavy atom. The molecule has 0 aromatic heterocycles. The first-order chi connectivity index (χ1) is 10.6. The molecule has 0 saturated heterocycles. The van der Waals surface area contributed by atoms with Crippen molar-refractivity contribution in [3.63, 3.8) is 0 Å². The van der Waals surface area contributed by atoms with Crippen LogP contribution in [-0.2, 0) is 26.2 Å². The van der Waals surface area contributed by atoms with Gasteiger partial charge in [0.2, 0.25) is 0 Å². The number of phenolic OH excluding ortho intramolecular Hbond substituents is 1. The second-order valence-corrected chi connectivity index (χ2v) is 7.28. The molecule has 1 atom stereocenters. The first-order valence-corrected chi connectivity index (χ1v) is 8.85. The molecule has 0 spiro atoms. The molecular formula is C15H24N2O5S. The van der Waals surface area contributed by atoms with Crippen LogP contribution in [0.3, 0.4) is 0 Å². The highest BCUT2D eigenvalue weighted by molar-refractivity contribution is 7.87. The predicted octanol–water partition coefficient (Wildman–Crippen LogP) is 1.09. The number of phenols is 1. The van der Waals surface area contributed by atoms with Crippen molar-refractivity contribution in [1.29, 1.82) is 0 Å². The molecule has 1 aromatic carbocycles. The highest BCUT2D eigenvalue weighted by Gasteiger charge is 2.27. The van der Waals surface area contributed by atoms with Crippen LogP contribution in [0.25, 0.3) is 0 Å². The van der Waals surface area contributed by atoms with Crippen molar-refractivity contribution in [3.05, 3.63) is 29.8 Å². The molecule has 130 valence electrons. The molecular weight excluding hydrogens is 320 g/mol. The molecule has 0 amide bonds. The van der Waals surface area contributed by atoms with Crippen molar-refractivity contribution >= 4 is 16.2 Å². The Hall–Kier alpha value is -1.64. The molecule has 0 saturated carbocycles. The van der Waals surface area contributed by atoms with Gasteiger partial charge in [0, 0.05) is 6.04 Å². The number of carbonyl (C=O) groups is 1. The van der Waals surface area contributed by atoms with Crippen molar-refractivity contribution in [1.82, 2.24) is 9.44 Å². The molecule has 3 N–H and O–H groups in total. The van der Waals surface area contributed by atoms with Gasteiger partial charge in [-0.3, -0.25) is 4.79 Å². The summed E-state index contributed by atoms with van der Waals surface area (Å²) in [6.07, 6.45) is -0.238. The van der Waals surface area contributed by atoms with Gasteiger partial charge in [-0.05, 0) is 51.8 Å². The van der Waals surface area contributed by atoms with Crippen molar-refractivity contribution in [2.24, 2.45) is 0 Å². The average Bonchev–Trinajstić information content (AvgIpc) is 2.37. The third-order valence-electron chi connectivity index (χ3n) is 2.70. The van der Waals surface area contributed by atoms with Crippen LogP contribution in [0, 0.1) is 0 Å². The molecule has 0 aliphatic heterocycles. The minimum Gasteiger partial charge on any atom is -0.508 e. The minimum absolute atomic E-state index is 0.0945. The van der Waals surface area contributed by atoms with E-state index in [4.69, 9.17) is 4.74 Å². The van der Waals surface area contributed by atoms with E-state index in [9.17, 15) is 18.3 Å². The lowest BCUT2D eigenvalue weighted by molar-refractivity contribution is -0.149. The van der Waals surface area contributed by atoms with Crippen LogP contribution < -0.4 is 9.44 Å². The van der Waals surface area contributed by atoms with E-state index in [-0.39, 0.29) is 24.3 Å². The number of esters is 1. The molecule has 0 aliphatic rings. The van der Waals surface area contributed by atoms with Crippen molar-refractivity contribution < 1.29 is 23.1 Å². The zero-order chi connectivity index (χ0) is 17.6. The van der Waals surface area contributed by atoms with E-state index in [0.717, 1.165) is 0 Å². The van der Waals surface area contributed by atoms with Crippen molar-refractivity contribution in [3.8, 4) is 5.75 Å². The van der Waals surface area contributed by atoms with Gasteiger partial charge in [-0.15, -0.1) is 0 Å². The van der Waals surface area contributed by atoms with E-state index in [0.29, 0.717) is 5.56 Å². The van der Waals surface area contributed by atoms with Gasteiger partial charge in [0.25, 0.3) is 10.2 Å². The molecule has 0 bridgehead atoms. The van der Waals surface area contributed by atoms with Gasteiger partial charge in [-0.1, -0.05) is 12.1 Å². The van der Waals surface area contributed by atoms with Crippen molar-refractivity contribution in [2.75, 3.05) is 0 Å². The van der Waals surface area contributed by atoms with E-state index in [1.165, 1.54) is 12.1 Å². The fraction of sp³-hybridized carbons (Fsp3) is 0.533. The zero-order valence-electron chi connectivity index (χ0n) is 13.7. The van der Waals surface area contributed by atoms with Crippen LogP contribution in [-0.4, -0.2) is 37.7 Å². The third kappa shape index (κ3) is 7.45.